The van der Waals surface area contributed by atoms with Gasteiger partial charge in [0.15, 0.2) is 0 Å². The number of primary amides is 1. The van der Waals surface area contributed by atoms with E-state index >= 15 is 0 Å². The lowest BCUT2D eigenvalue weighted by atomic mass is 10.1. The molecule has 1 aromatic rings. The number of anilines is 1. The summed E-state index contributed by atoms with van der Waals surface area (Å²) in [6, 6.07) is 3.38. The zero-order valence-corrected chi connectivity index (χ0v) is 10.7. The fourth-order valence-corrected chi connectivity index (χ4v) is 2.40. The average molecular weight is 263 g/mol. The predicted molar refractivity (Wildman–Crippen MR) is 69.9 cm³/mol. The van der Waals surface area contributed by atoms with Crippen molar-refractivity contribution in [2.75, 3.05) is 5.32 Å². The second-order valence-electron chi connectivity index (χ2n) is 4.90. The van der Waals surface area contributed by atoms with Crippen LogP contribution in [0.2, 0.25) is 0 Å². The Labute approximate surface area is 111 Å². The Morgan fingerprint density at radius 2 is 2.16 bits per heavy atom. The Morgan fingerprint density at radius 3 is 2.74 bits per heavy atom. The second-order valence-corrected chi connectivity index (χ2v) is 4.90. The first-order valence-corrected chi connectivity index (χ1v) is 6.24. The quantitative estimate of drug-likeness (QED) is 0.755. The number of nitrogens with two attached hydrogens (primary N) is 1. The van der Waals surface area contributed by atoms with Crippen LogP contribution in [-0.4, -0.2) is 28.0 Å². The van der Waals surface area contributed by atoms with Gasteiger partial charge in [-0.1, -0.05) is 0 Å². The summed E-state index contributed by atoms with van der Waals surface area (Å²) in [5, 5.41) is 12.1. The molecule has 0 spiro atoms. The first-order chi connectivity index (χ1) is 8.97. The number of hydrogen-bond donors (Lipinski definition) is 3. The van der Waals surface area contributed by atoms with Gasteiger partial charge in [0.25, 0.3) is 5.91 Å². The molecule has 1 aliphatic rings. The van der Waals surface area contributed by atoms with E-state index in [4.69, 9.17) is 10.8 Å². The number of pyridine rings is 1. The van der Waals surface area contributed by atoms with Gasteiger partial charge in [-0.3, -0.25) is 9.59 Å². The molecule has 2 rings (SSSR count). The van der Waals surface area contributed by atoms with Gasteiger partial charge in [-0.15, -0.1) is 0 Å². The summed E-state index contributed by atoms with van der Waals surface area (Å²) >= 11 is 0. The summed E-state index contributed by atoms with van der Waals surface area (Å²) in [5.74, 6) is -1.18. The van der Waals surface area contributed by atoms with Gasteiger partial charge in [0.2, 0.25) is 0 Å². The minimum absolute atomic E-state index is 0.0218. The van der Waals surface area contributed by atoms with E-state index in [1.165, 1.54) is 0 Å². The molecule has 102 valence electrons. The number of aliphatic carboxylic acids is 1. The third-order valence-electron chi connectivity index (χ3n) is 3.42. The Morgan fingerprint density at radius 1 is 1.42 bits per heavy atom. The first-order valence-electron chi connectivity index (χ1n) is 6.24. The maximum Gasteiger partial charge on any atom is 0.306 e. The molecule has 6 heteroatoms. The molecule has 1 aliphatic carbocycles. The fourth-order valence-electron chi connectivity index (χ4n) is 2.40. The zero-order chi connectivity index (χ0) is 14.0. The van der Waals surface area contributed by atoms with Crippen LogP contribution in [0.15, 0.2) is 12.1 Å². The normalized spacial score (nSPS) is 22.2. The standard InChI is InChI=1S/C13H17N3O3/c1-7-2-5-10(11(14)17)12(15-7)16-9-4-3-8(6-9)13(18)19/h2,5,8-9H,3-4,6H2,1H3,(H2,14,17)(H,15,16)(H,18,19)/t8-,9+/m1/s1. The SMILES string of the molecule is Cc1ccc(C(N)=O)c(N[C@H]2CC[C@@H](C(=O)O)C2)n1. The van der Waals surface area contributed by atoms with E-state index in [-0.39, 0.29) is 12.0 Å². The van der Waals surface area contributed by atoms with Crippen molar-refractivity contribution in [1.82, 2.24) is 4.98 Å². The molecular weight excluding hydrogens is 246 g/mol. The van der Waals surface area contributed by atoms with E-state index in [1.807, 2.05) is 6.92 Å². The maximum absolute atomic E-state index is 11.3. The highest BCUT2D eigenvalue weighted by atomic mass is 16.4. The Hall–Kier alpha value is -2.11. The number of carbonyl (C=O) groups excluding carboxylic acids is 1. The molecule has 2 atom stereocenters. The highest BCUT2D eigenvalue weighted by Crippen LogP contribution is 2.28. The van der Waals surface area contributed by atoms with Gasteiger partial charge in [0.1, 0.15) is 5.82 Å². The van der Waals surface area contributed by atoms with Crippen molar-refractivity contribution in [1.29, 1.82) is 0 Å². The molecule has 0 bridgehead atoms. The van der Waals surface area contributed by atoms with Crippen LogP contribution < -0.4 is 11.1 Å². The molecule has 1 heterocycles. The van der Waals surface area contributed by atoms with Crippen LogP contribution in [0.1, 0.15) is 35.3 Å². The van der Waals surface area contributed by atoms with Gasteiger partial charge >= 0.3 is 5.97 Å². The van der Waals surface area contributed by atoms with E-state index in [1.54, 1.807) is 12.1 Å². The number of carboxylic acid groups (broad SMARTS) is 1. The summed E-state index contributed by atoms with van der Waals surface area (Å²) in [6.07, 6.45) is 1.94. The number of amides is 1. The lowest BCUT2D eigenvalue weighted by Crippen LogP contribution is -2.22. The van der Waals surface area contributed by atoms with Gasteiger partial charge in [-0.05, 0) is 38.3 Å². The van der Waals surface area contributed by atoms with Crippen molar-refractivity contribution < 1.29 is 14.7 Å². The topological polar surface area (TPSA) is 105 Å². The largest absolute Gasteiger partial charge is 0.481 e. The lowest BCUT2D eigenvalue weighted by Gasteiger charge is -2.15. The van der Waals surface area contributed by atoms with Gasteiger partial charge in [0, 0.05) is 11.7 Å². The molecule has 0 aromatic carbocycles. The van der Waals surface area contributed by atoms with Crippen molar-refractivity contribution >= 4 is 17.7 Å². The number of nitrogens with zero attached hydrogens (tertiary/aromatic N) is 1. The third-order valence-corrected chi connectivity index (χ3v) is 3.42. The summed E-state index contributed by atoms with van der Waals surface area (Å²) < 4.78 is 0. The van der Waals surface area contributed by atoms with Crippen molar-refractivity contribution in [3.05, 3.63) is 23.4 Å². The number of nitrogens with one attached hydrogen (secondary N) is 1. The molecule has 19 heavy (non-hydrogen) atoms. The minimum atomic E-state index is -0.767. The first kappa shape index (κ1) is 13.3. The highest BCUT2D eigenvalue weighted by Gasteiger charge is 2.30. The average Bonchev–Trinajstić information content (AvgIpc) is 2.77. The molecule has 0 unspecified atom stereocenters. The zero-order valence-electron chi connectivity index (χ0n) is 10.7. The Bertz CT molecular complexity index is 516. The van der Waals surface area contributed by atoms with Crippen LogP contribution in [-0.2, 0) is 4.79 Å². The number of hydrogen-bond acceptors (Lipinski definition) is 4. The van der Waals surface area contributed by atoms with Gasteiger partial charge in [-0.25, -0.2) is 4.98 Å². The molecule has 1 aromatic heterocycles. The number of carbonyl (C=O) groups is 2. The minimum Gasteiger partial charge on any atom is -0.481 e. The number of aromatic nitrogens is 1. The van der Waals surface area contributed by atoms with E-state index in [9.17, 15) is 9.59 Å². The van der Waals surface area contributed by atoms with E-state index in [0.29, 0.717) is 24.2 Å². The van der Waals surface area contributed by atoms with Crippen molar-refractivity contribution in [2.24, 2.45) is 11.7 Å². The molecule has 0 radical (unpaired) electrons. The second kappa shape index (κ2) is 5.26. The molecule has 1 saturated carbocycles. The summed E-state index contributed by atoms with van der Waals surface area (Å²) in [6.45, 7) is 1.82. The van der Waals surface area contributed by atoms with Gasteiger partial charge < -0.3 is 16.2 Å². The van der Waals surface area contributed by atoms with Crippen molar-refractivity contribution in [3.63, 3.8) is 0 Å². The van der Waals surface area contributed by atoms with Gasteiger partial charge in [-0.2, -0.15) is 0 Å². The monoisotopic (exact) mass is 263 g/mol. The Kier molecular flexibility index (Phi) is 3.69. The van der Waals surface area contributed by atoms with E-state index in [0.717, 1.165) is 12.1 Å². The number of rotatable bonds is 4. The number of aryl methyl sites for hydroxylation is 1. The van der Waals surface area contributed by atoms with Crippen molar-refractivity contribution in [3.8, 4) is 0 Å². The lowest BCUT2D eigenvalue weighted by molar-refractivity contribution is -0.141. The summed E-state index contributed by atoms with van der Waals surface area (Å²) in [4.78, 5) is 26.5. The molecule has 0 aliphatic heterocycles. The third kappa shape index (κ3) is 3.01. The summed E-state index contributed by atoms with van der Waals surface area (Å²) in [5.41, 5.74) is 6.42. The molecule has 1 fully saturated rings. The van der Waals surface area contributed by atoms with Gasteiger partial charge in [0.05, 0.1) is 11.5 Å². The number of carboxylic acids is 1. The van der Waals surface area contributed by atoms with Crippen molar-refractivity contribution in [2.45, 2.75) is 32.2 Å². The van der Waals surface area contributed by atoms with Crippen LogP contribution in [0.25, 0.3) is 0 Å². The highest BCUT2D eigenvalue weighted by molar-refractivity contribution is 5.97. The van der Waals surface area contributed by atoms with Crippen LogP contribution >= 0.6 is 0 Å². The molecule has 0 saturated heterocycles. The van der Waals surface area contributed by atoms with Crippen LogP contribution in [0.3, 0.4) is 0 Å². The molecule has 1 amide bonds. The summed E-state index contributed by atoms with van der Waals surface area (Å²) in [7, 11) is 0. The molecular formula is C13H17N3O3. The van der Waals surface area contributed by atoms with Crippen LogP contribution in [0.4, 0.5) is 5.82 Å². The van der Waals surface area contributed by atoms with E-state index in [2.05, 4.69) is 10.3 Å². The predicted octanol–water partition coefficient (Wildman–Crippen LogP) is 1.15. The smallest absolute Gasteiger partial charge is 0.306 e. The molecule has 6 nitrogen and oxygen atoms in total. The van der Waals surface area contributed by atoms with Crippen LogP contribution in [0.5, 0.6) is 0 Å². The fraction of sp³-hybridized carbons (Fsp3) is 0.462. The molecule has 4 N–H and O–H groups in total. The Balaban J connectivity index is 2.13. The van der Waals surface area contributed by atoms with E-state index < -0.39 is 11.9 Å². The maximum atomic E-state index is 11.3. The van der Waals surface area contributed by atoms with Crippen LogP contribution in [0, 0.1) is 12.8 Å².